The molecule has 1 aromatic carbocycles. The van der Waals surface area contributed by atoms with Crippen LogP contribution in [0, 0.1) is 5.92 Å². The van der Waals surface area contributed by atoms with Crippen molar-refractivity contribution in [2.75, 3.05) is 6.61 Å². The second-order valence-corrected chi connectivity index (χ2v) is 8.20. The number of hydrogen-bond donors (Lipinski definition) is 1. The zero-order chi connectivity index (χ0) is 16.0. The van der Waals surface area contributed by atoms with Crippen molar-refractivity contribution in [3.05, 3.63) is 35.5 Å². The average molecular weight is 310 g/mol. The standard InChI is InChI=1S/C20H26N2O/c1-20(2,3)19-11-17(21-22-19)15-8-9-16(14-6-7-14)18(10-15)23-12-13-4-5-13/h8-11,13-14H,4-7,12H2,1-3H3,(H,21,22). The molecular weight excluding hydrogens is 284 g/mol. The number of nitrogens with one attached hydrogen (secondary N) is 1. The Hall–Kier alpha value is -1.77. The van der Waals surface area contributed by atoms with Gasteiger partial charge in [0, 0.05) is 16.7 Å². The summed E-state index contributed by atoms with van der Waals surface area (Å²) in [6.45, 7) is 7.47. The van der Waals surface area contributed by atoms with Crippen LogP contribution in [0.5, 0.6) is 5.75 Å². The van der Waals surface area contributed by atoms with Crippen molar-refractivity contribution < 1.29 is 4.74 Å². The van der Waals surface area contributed by atoms with Crippen molar-refractivity contribution in [2.24, 2.45) is 5.92 Å². The quantitative estimate of drug-likeness (QED) is 0.840. The van der Waals surface area contributed by atoms with Crippen LogP contribution in [0.15, 0.2) is 24.3 Å². The summed E-state index contributed by atoms with van der Waals surface area (Å²) in [5.41, 5.74) is 4.80. The van der Waals surface area contributed by atoms with Gasteiger partial charge in [-0.05, 0) is 55.2 Å². The van der Waals surface area contributed by atoms with Crippen molar-refractivity contribution >= 4 is 0 Å². The molecule has 1 heterocycles. The Morgan fingerprint density at radius 2 is 1.91 bits per heavy atom. The molecule has 0 saturated heterocycles. The van der Waals surface area contributed by atoms with Crippen molar-refractivity contribution in [3.63, 3.8) is 0 Å². The summed E-state index contributed by atoms with van der Waals surface area (Å²) in [6, 6.07) is 8.80. The van der Waals surface area contributed by atoms with E-state index < -0.39 is 0 Å². The number of aromatic amines is 1. The minimum atomic E-state index is 0.0878. The van der Waals surface area contributed by atoms with Gasteiger partial charge in [0.25, 0.3) is 0 Å². The second kappa shape index (κ2) is 5.40. The molecule has 0 unspecified atom stereocenters. The number of aromatic nitrogens is 2. The molecule has 0 aliphatic heterocycles. The molecule has 3 heteroatoms. The van der Waals surface area contributed by atoms with Crippen LogP contribution in [-0.4, -0.2) is 16.8 Å². The van der Waals surface area contributed by atoms with Crippen LogP contribution in [0.4, 0.5) is 0 Å². The monoisotopic (exact) mass is 310 g/mol. The van der Waals surface area contributed by atoms with Gasteiger partial charge in [-0.25, -0.2) is 0 Å². The summed E-state index contributed by atoms with van der Waals surface area (Å²) >= 11 is 0. The smallest absolute Gasteiger partial charge is 0.123 e. The maximum absolute atomic E-state index is 6.16. The van der Waals surface area contributed by atoms with Gasteiger partial charge in [0.1, 0.15) is 5.75 Å². The maximum Gasteiger partial charge on any atom is 0.123 e. The first-order chi connectivity index (χ1) is 11.0. The predicted octanol–water partition coefficient (Wildman–Crippen LogP) is 5.04. The summed E-state index contributed by atoms with van der Waals surface area (Å²) in [7, 11) is 0. The minimum Gasteiger partial charge on any atom is -0.493 e. The Balaban J connectivity index is 1.62. The molecule has 3 nitrogen and oxygen atoms in total. The van der Waals surface area contributed by atoms with Crippen molar-refractivity contribution in [3.8, 4) is 17.0 Å². The van der Waals surface area contributed by atoms with Crippen LogP contribution >= 0.6 is 0 Å². The maximum atomic E-state index is 6.16. The lowest BCUT2D eigenvalue weighted by Crippen LogP contribution is -2.11. The molecule has 2 aliphatic carbocycles. The molecule has 2 saturated carbocycles. The average Bonchev–Trinajstić information content (AvgIpc) is 3.43. The number of nitrogens with zero attached hydrogens (tertiary/aromatic N) is 1. The molecule has 0 radical (unpaired) electrons. The van der Waals surface area contributed by atoms with E-state index in [2.05, 4.69) is 55.2 Å². The molecule has 1 N–H and O–H groups in total. The molecule has 2 aromatic rings. The van der Waals surface area contributed by atoms with Crippen LogP contribution in [0.1, 0.15) is 63.6 Å². The van der Waals surface area contributed by atoms with Gasteiger partial charge in [0.2, 0.25) is 0 Å². The Kier molecular flexibility index (Phi) is 3.47. The fourth-order valence-corrected chi connectivity index (χ4v) is 2.90. The SMILES string of the molecule is CC(C)(C)c1cc(-c2ccc(C3CC3)c(OCC3CC3)c2)n[nH]1. The number of benzene rings is 1. The molecule has 0 spiro atoms. The van der Waals surface area contributed by atoms with E-state index in [1.165, 1.54) is 36.9 Å². The highest BCUT2D eigenvalue weighted by Crippen LogP contribution is 2.45. The molecule has 0 atom stereocenters. The van der Waals surface area contributed by atoms with E-state index in [9.17, 15) is 0 Å². The van der Waals surface area contributed by atoms with Gasteiger partial charge in [-0.15, -0.1) is 0 Å². The van der Waals surface area contributed by atoms with Crippen LogP contribution in [0.2, 0.25) is 0 Å². The molecule has 122 valence electrons. The molecule has 2 aliphatic rings. The lowest BCUT2D eigenvalue weighted by atomic mass is 9.92. The largest absolute Gasteiger partial charge is 0.493 e. The van der Waals surface area contributed by atoms with Gasteiger partial charge in [0.05, 0.1) is 12.3 Å². The Morgan fingerprint density at radius 1 is 1.13 bits per heavy atom. The van der Waals surface area contributed by atoms with E-state index in [0.717, 1.165) is 29.5 Å². The first kappa shape index (κ1) is 14.8. The van der Waals surface area contributed by atoms with Crippen molar-refractivity contribution in [2.45, 2.75) is 57.8 Å². The molecule has 2 fully saturated rings. The first-order valence-corrected chi connectivity index (χ1v) is 8.84. The highest BCUT2D eigenvalue weighted by atomic mass is 16.5. The lowest BCUT2D eigenvalue weighted by Gasteiger charge is -2.14. The topological polar surface area (TPSA) is 37.9 Å². The lowest BCUT2D eigenvalue weighted by molar-refractivity contribution is 0.297. The minimum absolute atomic E-state index is 0.0878. The molecular formula is C20H26N2O. The van der Waals surface area contributed by atoms with E-state index in [1.54, 1.807) is 0 Å². The summed E-state index contributed by atoms with van der Waals surface area (Å²) in [5.74, 6) is 2.57. The van der Waals surface area contributed by atoms with Gasteiger partial charge < -0.3 is 4.74 Å². The first-order valence-electron chi connectivity index (χ1n) is 8.84. The van der Waals surface area contributed by atoms with Crippen LogP contribution in [0.25, 0.3) is 11.3 Å². The van der Waals surface area contributed by atoms with E-state index in [0.29, 0.717) is 5.92 Å². The van der Waals surface area contributed by atoms with Gasteiger partial charge >= 0.3 is 0 Å². The fourth-order valence-electron chi connectivity index (χ4n) is 2.90. The van der Waals surface area contributed by atoms with Gasteiger partial charge in [-0.2, -0.15) is 5.10 Å². The third-order valence-electron chi connectivity index (χ3n) is 4.88. The van der Waals surface area contributed by atoms with Crippen LogP contribution in [0.3, 0.4) is 0 Å². The molecule has 0 bridgehead atoms. The third-order valence-corrected chi connectivity index (χ3v) is 4.88. The highest BCUT2D eigenvalue weighted by Gasteiger charge is 2.29. The van der Waals surface area contributed by atoms with E-state index >= 15 is 0 Å². The number of rotatable bonds is 5. The second-order valence-electron chi connectivity index (χ2n) is 8.20. The van der Waals surface area contributed by atoms with Crippen LogP contribution < -0.4 is 4.74 Å². The summed E-state index contributed by atoms with van der Waals surface area (Å²) in [5, 5.41) is 7.69. The van der Waals surface area contributed by atoms with E-state index in [1.807, 2.05) is 0 Å². The zero-order valence-corrected chi connectivity index (χ0v) is 14.4. The molecule has 0 amide bonds. The molecule has 4 rings (SSSR count). The molecule has 1 aromatic heterocycles. The Labute approximate surface area is 138 Å². The summed E-state index contributed by atoms with van der Waals surface area (Å²) in [6.07, 6.45) is 5.25. The van der Waals surface area contributed by atoms with Crippen molar-refractivity contribution in [1.29, 1.82) is 0 Å². The molecule has 23 heavy (non-hydrogen) atoms. The van der Waals surface area contributed by atoms with E-state index in [4.69, 9.17) is 4.74 Å². The summed E-state index contributed by atoms with van der Waals surface area (Å²) < 4.78 is 6.16. The fraction of sp³-hybridized carbons (Fsp3) is 0.550. The zero-order valence-electron chi connectivity index (χ0n) is 14.4. The van der Waals surface area contributed by atoms with Crippen molar-refractivity contribution in [1.82, 2.24) is 10.2 Å². The number of ether oxygens (including phenoxy) is 1. The van der Waals surface area contributed by atoms with Gasteiger partial charge in [0.15, 0.2) is 0 Å². The number of hydrogen-bond acceptors (Lipinski definition) is 2. The Morgan fingerprint density at radius 3 is 2.52 bits per heavy atom. The Bertz CT molecular complexity index is 703. The summed E-state index contributed by atoms with van der Waals surface area (Å²) in [4.78, 5) is 0. The normalized spacial score (nSPS) is 18.2. The van der Waals surface area contributed by atoms with E-state index in [-0.39, 0.29) is 5.41 Å². The third kappa shape index (κ3) is 3.29. The predicted molar refractivity (Wildman–Crippen MR) is 92.9 cm³/mol. The van der Waals surface area contributed by atoms with Crippen LogP contribution in [-0.2, 0) is 5.41 Å². The highest BCUT2D eigenvalue weighted by molar-refractivity contribution is 5.63. The van der Waals surface area contributed by atoms with Gasteiger partial charge in [-0.3, -0.25) is 5.10 Å². The van der Waals surface area contributed by atoms with Gasteiger partial charge in [-0.1, -0.05) is 32.9 Å². The number of H-pyrrole nitrogens is 1.